The van der Waals surface area contributed by atoms with Gasteiger partial charge in [0, 0.05) is 5.56 Å². The number of hydrogen-bond acceptors (Lipinski definition) is 4. The first kappa shape index (κ1) is 11.7. The molecule has 0 aromatic heterocycles. The number of ether oxygens (including phenoxy) is 1. The Kier molecular flexibility index (Phi) is 2.54. The Morgan fingerprint density at radius 1 is 1.05 bits per heavy atom. The number of benzene rings is 2. The van der Waals surface area contributed by atoms with Crippen molar-refractivity contribution in [2.75, 3.05) is 0 Å². The van der Waals surface area contributed by atoms with E-state index in [1.54, 1.807) is 36.4 Å². The molecule has 1 atom stereocenters. The molecule has 3 rings (SSSR count). The number of carbonyl (C=O) groups excluding carboxylic acids is 1. The van der Waals surface area contributed by atoms with Crippen molar-refractivity contribution < 1.29 is 19.7 Å². The van der Waals surface area contributed by atoms with Gasteiger partial charge in [0.1, 0.15) is 17.1 Å². The van der Waals surface area contributed by atoms with Crippen molar-refractivity contribution in [3.05, 3.63) is 59.7 Å². The fourth-order valence-corrected chi connectivity index (χ4v) is 2.27. The number of phenolic OH excluding ortho intramolecular Hbond substituents is 1. The zero-order valence-electron chi connectivity index (χ0n) is 10.0. The van der Waals surface area contributed by atoms with Crippen LogP contribution in [0.2, 0.25) is 0 Å². The Bertz CT molecular complexity index is 636. The highest BCUT2D eigenvalue weighted by molar-refractivity contribution is 6.02. The van der Waals surface area contributed by atoms with Crippen LogP contribution in [0, 0.1) is 0 Å². The van der Waals surface area contributed by atoms with Gasteiger partial charge in [-0.2, -0.15) is 0 Å². The normalized spacial score (nSPS) is 21.6. The standard InChI is InChI=1S/C15H12O4/c16-11-7-4-8-13-14(11)12(17)9-15(18,19-13)10-5-2-1-3-6-10/h1-8,16,18H,9H2. The van der Waals surface area contributed by atoms with Gasteiger partial charge in [0.25, 0.3) is 0 Å². The van der Waals surface area contributed by atoms with Gasteiger partial charge in [0.05, 0.1) is 6.42 Å². The zero-order chi connectivity index (χ0) is 13.5. The summed E-state index contributed by atoms with van der Waals surface area (Å²) in [5, 5.41) is 20.2. The minimum Gasteiger partial charge on any atom is -0.507 e. The molecule has 0 aliphatic carbocycles. The van der Waals surface area contributed by atoms with E-state index in [1.165, 1.54) is 6.07 Å². The van der Waals surface area contributed by atoms with Crippen LogP contribution in [0.3, 0.4) is 0 Å². The number of carbonyl (C=O) groups is 1. The van der Waals surface area contributed by atoms with Crippen molar-refractivity contribution in [3.8, 4) is 11.5 Å². The first-order valence-electron chi connectivity index (χ1n) is 5.92. The highest BCUT2D eigenvalue weighted by atomic mass is 16.6. The maximum atomic E-state index is 12.1. The van der Waals surface area contributed by atoms with Gasteiger partial charge in [-0.1, -0.05) is 36.4 Å². The van der Waals surface area contributed by atoms with Crippen LogP contribution in [0.25, 0.3) is 0 Å². The molecule has 1 aliphatic rings. The van der Waals surface area contributed by atoms with Crippen LogP contribution >= 0.6 is 0 Å². The Hall–Kier alpha value is -2.33. The van der Waals surface area contributed by atoms with Gasteiger partial charge in [0.2, 0.25) is 5.79 Å². The Balaban J connectivity index is 2.09. The summed E-state index contributed by atoms with van der Waals surface area (Å²) in [6, 6.07) is 13.3. The molecule has 2 aromatic rings. The molecule has 4 heteroatoms. The largest absolute Gasteiger partial charge is 0.507 e. The third kappa shape index (κ3) is 1.86. The molecule has 0 radical (unpaired) electrons. The van der Waals surface area contributed by atoms with Gasteiger partial charge >= 0.3 is 0 Å². The molecule has 0 fully saturated rings. The van der Waals surface area contributed by atoms with Crippen molar-refractivity contribution >= 4 is 5.78 Å². The van der Waals surface area contributed by atoms with Gasteiger partial charge in [-0.05, 0) is 12.1 Å². The Morgan fingerprint density at radius 2 is 1.79 bits per heavy atom. The van der Waals surface area contributed by atoms with Crippen LogP contribution in [0.4, 0.5) is 0 Å². The molecule has 2 aromatic carbocycles. The molecule has 1 unspecified atom stereocenters. The van der Waals surface area contributed by atoms with E-state index in [2.05, 4.69) is 0 Å². The number of phenols is 1. The van der Waals surface area contributed by atoms with Gasteiger partial charge < -0.3 is 14.9 Å². The number of aliphatic hydroxyl groups is 1. The number of hydrogen-bond donors (Lipinski definition) is 2. The molecule has 0 amide bonds. The molecule has 96 valence electrons. The van der Waals surface area contributed by atoms with Crippen molar-refractivity contribution in [1.29, 1.82) is 0 Å². The van der Waals surface area contributed by atoms with E-state index in [-0.39, 0.29) is 29.3 Å². The second kappa shape index (κ2) is 4.10. The summed E-state index contributed by atoms with van der Waals surface area (Å²) < 4.78 is 5.53. The lowest BCUT2D eigenvalue weighted by molar-refractivity contribution is -0.147. The summed E-state index contributed by atoms with van der Waals surface area (Å²) in [4.78, 5) is 12.1. The van der Waals surface area contributed by atoms with E-state index >= 15 is 0 Å². The summed E-state index contributed by atoms with van der Waals surface area (Å²) in [7, 11) is 0. The van der Waals surface area contributed by atoms with Gasteiger partial charge in [-0.3, -0.25) is 4.79 Å². The molecular formula is C15H12O4. The summed E-state index contributed by atoms with van der Waals surface area (Å²) in [6.45, 7) is 0. The lowest BCUT2D eigenvalue weighted by Gasteiger charge is -2.33. The molecule has 0 spiro atoms. The Labute approximate surface area is 109 Å². The highest BCUT2D eigenvalue weighted by Gasteiger charge is 2.41. The fourth-order valence-electron chi connectivity index (χ4n) is 2.27. The number of aromatic hydroxyl groups is 1. The lowest BCUT2D eigenvalue weighted by Crippen LogP contribution is -2.39. The van der Waals surface area contributed by atoms with Crippen LogP contribution in [0.5, 0.6) is 11.5 Å². The quantitative estimate of drug-likeness (QED) is 0.820. The van der Waals surface area contributed by atoms with Gasteiger partial charge in [0.15, 0.2) is 5.78 Å². The first-order chi connectivity index (χ1) is 9.10. The van der Waals surface area contributed by atoms with Crippen LogP contribution in [-0.4, -0.2) is 16.0 Å². The molecule has 2 N–H and O–H groups in total. The third-order valence-corrected chi connectivity index (χ3v) is 3.19. The van der Waals surface area contributed by atoms with E-state index < -0.39 is 5.79 Å². The number of ketones is 1. The maximum absolute atomic E-state index is 12.1. The highest BCUT2D eigenvalue weighted by Crippen LogP contribution is 2.40. The molecule has 1 heterocycles. The molecule has 0 bridgehead atoms. The summed E-state index contributed by atoms with van der Waals surface area (Å²) in [6.07, 6.45) is -0.221. The van der Waals surface area contributed by atoms with Gasteiger partial charge in [-0.25, -0.2) is 0 Å². The van der Waals surface area contributed by atoms with Crippen LogP contribution in [0.15, 0.2) is 48.5 Å². The lowest BCUT2D eigenvalue weighted by atomic mass is 9.93. The number of fused-ring (bicyclic) bond motifs is 1. The van der Waals surface area contributed by atoms with Crippen LogP contribution in [-0.2, 0) is 5.79 Å². The molecule has 0 saturated heterocycles. The summed E-state index contributed by atoms with van der Waals surface area (Å²) in [5.41, 5.74) is 0.639. The SMILES string of the molecule is O=C1CC(O)(c2ccccc2)Oc2cccc(O)c21. The fraction of sp³-hybridized carbons (Fsp3) is 0.133. The second-order valence-corrected chi connectivity index (χ2v) is 4.50. The predicted molar refractivity (Wildman–Crippen MR) is 68.0 cm³/mol. The van der Waals surface area contributed by atoms with Crippen molar-refractivity contribution in [1.82, 2.24) is 0 Å². The minimum absolute atomic E-state index is 0.127. The van der Waals surface area contributed by atoms with Crippen molar-refractivity contribution in [2.45, 2.75) is 12.2 Å². The maximum Gasteiger partial charge on any atom is 0.242 e. The molecule has 4 nitrogen and oxygen atoms in total. The van der Waals surface area contributed by atoms with E-state index in [9.17, 15) is 15.0 Å². The van der Waals surface area contributed by atoms with Crippen molar-refractivity contribution in [3.63, 3.8) is 0 Å². The van der Waals surface area contributed by atoms with Gasteiger partial charge in [-0.15, -0.1) is 0 Å². The first-order valence-corrected chi connectivity index (χ1v) is 5.92. The zero-order valence-corrected chi connectivity index (χ0v) is 10.0. The van der Waals surface area contributed by atoms with Crippen molar-refractivity contribution in [2.24, 2.45) is 0 Å². The molecule has 19 heavy (non-hydrogen) atoms. The second-order valence-electron chi connectivity index (χ2n) is 4.50. The monoisotopic (exact) mass is 256 g/mol. The van der Waals surface area contributed by atoms with E-state index in [0.717, 1.165) is 0 Å². The minimum atomic E-state index is -1.68. The van der Waals surface area contributed by atoms with Crippen LogP contribution < -0.4 is 4.74 Å². The van der Waals surface area contributed by atoms with E-state index in [0.29, 0.717) is 5.56 Å². The van der Waals surface area contributed by atoms with E-state index in [4.69, 9.17) is 4.74 Å². The third-order valence-electron chi connectivity index (χ3n) is 3.19. The number of Topliss-reactive ketones (excluding diaryl/α,β-unsaturated/α-hetero) is 1. The number of rotatable bonds is 1. The smallest absolute Gasteiger partial charge is 0.242 e. The summed E-state index contributed by atoms with van der Waals surface area (Å²) >= 11 is 0. The summed E-state index contributed by atoms with van der Waals surface area (Å²) in [5.74, 6) is -1.95. The van der Waals surface area contributed by atoms with E-state index in [1.807, 2.05) is 6.07 Å². The molecule has 1 aliphatic heterocycles. The molecular weight excluding hydrogens is 244 g/mol. The molecule has 0 saturated carbocycles. The Morgan fingerprint density at radius 3 is 2.53 bits per heavy atom. The topological polar surface area (TPSA) is 66.8 Å². The van der Waals surface area contributed by atoms with Crippen LogP contribution in [0.1, 0.15) is 22.3 Å². The average molecular weight is 256 g/mol. The average Bonchev–Trinajstić information content (AvgIpc) is 2.39. The predicted octanol–water partition coefficient (Wildman–Crippen LogP) is 2.20.